The highest BCUT2D eigenvalue weighted by Crippen LogP contribution is 2.36. The quantitative estimate of drug-likeness (QED) is 0.617. The van der Waals surface area contributed by atoms with Crippen molar-refractivity contribution in [1.82, 2.24) is 0 Å². The van der Waals surface area contributed by atoms with Gasteiger partial charge in [-0.25, -0.2) is 0 Å². The number of hydrogen-bond donors (Lipinski definition) is 0. The molecule has 0 aromatic heterocycles. The third kappa shape index (κ3) is 2.53. The normalized spacial score (nSPS) is 12.6. The molecule has 0 heterocycles. The number of ketones is 1. The van der Waals surface area contributed by atoms with Crippen LogP contribution in [0.2, 0.25) is 5.02 Å². The Kier molecular flexibility index (Phi) is 4.48. The van der Waals surface area contributed by atoms with Crippen molar-refractivity contribution in [3.63, 3.8) is 0 Å². The van der Waals surface area contributed by atoms with Crippen molar-refractivity contribution in [3.8, 4) is 0 Å². The SMILES string of the molecule is CSc1cccc(Cl)c1C(Br)C(C)=O. The molecule has 76 valence electrons. The zero-order valence-corrected chi connectivity index (χ0v) is 11.0. The van der Waals surface area contributed by atoms with E-state index >= 15 is 0 Å². The number of Topliss-reactive ketones (excluding diaryl/α,β-unsaturated/α-hetero) is 1. The largest absolute Gasteiger partial charge is 0.298 e. The minimum Gasteiger partial charge on any atom is -0.298 e. The van der Waals surface area contributed by atoms with Crippen LogP contribution in [0.25, 0.3) is 0 Å². The molecule has 0 N–H and O–H groups in total. The number of carbonyl (C=O) groups excluding carboxylic acids is 1. The first-order valence-electron chi connectivity index (χ1n) is 4.05. The lowest BCUT2D eigenvalue weighted by Gasteiger charge is -2.12. The molecule has 4 heteroatoms. The number of carbonyl (C=O) groups is 1. The monoisotopic (exact) mass is 292 g/mol. The molecule has 14 heavy (non-hydrogen) atoms. The second kappa shape index (κ2) is 5.19. The van der Waals surface area contributed by atoms with Crippen LogP contribution < -0.4 is 0 Å². The van der Waals surface area contributed by atoms with E-state index in [9.17, 15) is 4.79 Å². The van der Waals surface area contributed by atoms with Gasteiger partial charge in [-0.2, -0.15) is 0 Å². The van der Waals surface area contributed by atoms with E-state index in [0.29, 0.717) is 5.02 Å². The Morgan fingerprint density at radius 3 is 2.71 bits per heavy atom. The Morgan fingerprint density at radius 1 is 1.57 bits per heavy atom. The van der Waals surface area contributed by atoms with Gasteiger partial charge in [0.15, 0.2) is 0 Å². The lowest BCUT2D eigenvalue weighted by Crippen LogP contribution is -2.03. The zero-order chi connectivity index (χ0) is 10.7. The van der Waals surface area contributed by atoms with E-state index in [1.54, 1.807) is 24.8 Å². The van der Waals surface area contributed by atoms with E-state index in [0.717, 1.165) is 10.5 Å². The maximum atomic E-state index is 11.2. The fraction of sp³-hybridized carbons (Fsp3) is 0.300. The second-order valence-electron chi connectivity index (χ2n) is 2.83. The number of hydrogen-bond acceptors (Lipinski definition) is 2. The van der Waals surface area contributed by atoms with Crippen LogP contribution in [0.15, 0.2) is 23.1 Å². The molecule has 1 aromatic carbocycles. The molecule has 0 aliphatic carbocycles. The molecule has 1 rings (SSSR count). The van der Waals surface area contributed by atoms with E-state index < -0.39 is 0 Å². The third-order valence-electron chi connectivity index (χ3n) is 1.84. The van der Waals surface area contributed by atoms with Crippen LogP contribution in [0.1, 0.15) is 17.3 Å². The van der Waals surface area contributed by atoms with Crippen molar-refractivity contribution in [1.29, 1.82) is 0 Å². The average molecular weight is 294 g/mol. The maximum absolute atomic E-state index is 11.2. The molecule has 0 fully saturated rings. The second-order valence-corrected chi connectivity index (χ2v) is 5.00. The van der Waals surface area contributed by atoms with Gasteiger partial charge < -0.3 is 0 Å². The van der Waals surface area contributed by atoms with E-state index in [1.165, 1.54) is 0 Å². The Morgan fingerprint density at radius 2 is 2.21 bits per heavy atom. The van der Waals surface area contributed by atoms with Crippen LogP contribution in [0.5, 0.6) is 0 Å². The first kappa shape index (κ1) is 12.1. The summed E-state index contributed by atoms with van der Waals surface area (Å²) < 4.78 is 0. The van der Waals surface area contributed by atoms with Crippen LogP contribution in [0.4, 0.5) is 0 Å². The predicted octanol–water partition coefficient (Wildman–Crippen LogP) is 4.09. The molecule has 0 aliphatic heterocycles. The lowest BCUT2D eigenvalue weighted by molar-refractivity contribution is -0.116. The molecule has 0 aliphatic rings. The highest BCUT2D eigenvalue weighted by Gasteiger charge is 2.19. The molecule has 1 aromatic rings. The summed E-state index contributed by atoms with van der Waals surface area (Å²) in [6, 6.07) is 5.65. The van der Waals surface area contributed by atoms with Crippen molar-refractivity contribution >= 4 is 45.1 Å². The highest BCUT2D eigenvalue weighted by atomic mass is 79.9. The number of alkyl halides is 1. The molecule has 1 unspecified atom stereocenters. The highest BCUT2D eigenvalue weighted by molar-refractivity contribution is 9.09. The lowest BCUT2D eigenvalue weighted by atomic mass is 10.1. The van der Waals surface area contributed by atoms with Gasteiger partial charge in [-0.05, 0) is 25.3 Å². The molecule has 0 radical (unpaired) electrons. The van der Waals surface area contributed by atoms with Gasteiger partial charge in [0.1, 0.15) is 10.6 Å². The fourth-order valence-corrected chi connectivity index (χ4v) is 2.92. The molecule has 1 atom stereocenters. The Labute approximate surface area is 101 Å². The van der Waals surface area contributed by atoms with Gasteiger partial charge in [0.2, 0.25) is 0 Å². The number of benzene rings is 1. The molecule has 0 saturated heterocycles. The number of halogens is 2. The van der Waals surface area contributed by atoms with Crippen molar-refractivity contribution in [3.05, 3.63) is 28.8 Å². The minimum absolute atomic E-state index is 0.0633. The summed E-state index contributed by atoms with van der Waals surface area (Å²) in [5.41, 5.74) is 0.870. The van der Waals surface area contributed by atoms with Crippen molar-refractivity contribution in [2.75, 3.05) is 6.26 Å². The summed E-state index contributed by atoms with van der Waals surface area (Å²) in [7, 11) is 0. The zero-order valence-electron chi connectivity index (χ0n) is 7.88. The van der Waals surface area contributed by atoms with Crippen molar-refractivity contribution in [2.24, 2.45) is 0 Å². The first-order chi connectivity index (χ1) is 6.57. The molecule has 0 spiro atoms. The fourth-order valence-electron chi connectivity index (χ4n) is 1.14. The Hall–Kier alpha value is 0.01000. The van der Waals surface area contributed by atoms with Gasteiger partial charge >= 0.3 is 0 Å². The van der Waals surface area contributed by atoms with Crippen LogP contribution in [0.3, 0.4) is 0 Å². The molecule has 0 saturated carbocycles. The minimum atomic E-state index is -0.307. The van der Waals surface area contributed by atoms with Crippen LogP contribution in [-0.4, -0.2) is 12.0 Å². The van der Waals surface area contributed by atoms with Gasteiger partial charge in [0, 0.05) is 15.5 Å². The van der Waals surface area contributed by atoms with Gasteiger partial charge in [-0.3, -0.25) is 4.79 Å². The number of rotatable bonds is 3. The smallest absolute Gasteiger partial charge is 0.147 e. The molecule has 1 nitrogen and oxygen atoms in total. The summed E-state index contributed by atoms with van der Waals surface area (Å²) in [5.74, 6) is 0.0633. The molecular weight excluding hydrogens is 284 g/mol. The van der Waals surface area contributed by atoms with E-state index in [-0.39, 0.29) is 10.6 Å². The van der Waals surface area contributed by atoms with E-state index in [1.807, 2.05) is 18.4 Å². The summed E-state index contributed by atoms with van der Waals surface area (Å²) in [6.45, 7) is 1.55. The molecule has 0 amide bonds. The first-order valence-corrected chi connectivity index (χ1v) is 6.56. The van der Waals surface area contributed by atoms with Gasteiger partial charge in [0.25, 0.3) is 0 Å². The maximum Gasteiger partial charge on any atom is 0.147 e. The third-order valence-corrected chi connectivity index (χ3v) is 4.07. The summed E-state index contributed by atoms with van der Waals surface area (Å²) in [6.07, 6.45) is 1.97. The van der Waals surface area contributed by atoms with E-state index in [4.69, 9.17) is 11.6 Å². The van der Waals surface area contributed by atoms with Crippen molar-refractivity contribution in [2.45, 2.75) is 16.6 Å². The van der Waals surface area contributed by atoms with Gasteiger partial charge in [-0.1, -0.05) is 33.6 Å². The molecule has 0 bridgehead atoms. The summed E-state index contributed by atoms with van der Waals surface area (Å²) >= 11 is 11.0. The van der Waals surface area contributed by atoms with Crippen LogP contribution in [-0.2, 0) is 4.79 Å². The van der Waals surface area contributed by atoms with E-state index in [2.05, 4.69) is 15.9 Å². The standard InChI is InChI=1S/C10H10BrClOS/c1-6(13)10(11)9-7(12)4-3-5-8(9)14-2/h3-5,10H,1-2H3. The van der Waals surface area contributed by atoms with Gasteiger partial charge in [-0.15, -0.1) is 11.8 Å². The van der Waals surface area contributed by atoms with Crippen molar-refractivity contribution < 1.29 is 4.79 Å². The molecular formula is C10H10BrClOS. The average Bonchev–Trinajstić information content (AvgIpc) is 2.16. The Bertz CT molecular complexity index is 354. The van der Waals surface area contributed by atoms with Crippen LogP contribution >= 0.6 is 39.3 Å². The summed E-state index contributed by atoms with van der Waals surface area (Å²) in [5, 5.41) is 0.633. The van der Waals surface area contributed by atoms with Gasteiger partial charge in [0.05, 0.1) is 0 Å². The predicted molar refractivity (Wildman–Crippen MR) is 65.6 cm³/mol. The Balaban J connectivity index is 3.23. The van der Waals surface area contributed by atoms with Crippen LogP contribution in [0, 0.1) is 0 Å². The topological polar surface area (TPSA) is 17.1 Å². The summed E-state index contributed by atoms with van der Waals surface area (Å²) in [4.78, 5) is 12.0. The number of thioether (sulfide) groups is 1.